The molecule has 0 saturated carbocycles. The van der Waals surface area contributed by atoms with Crippen LogP contribution in [-0.4, -0.2) is 4.92 Å². The summed E-state index contributed by atoms with van der Waals surface area (Å²) in [6, 6.07) is 14.6. The van der Waals surface area contributed by atoms with Crippen molar-refractivity contribution in [3.05, 3.63) is 74.8 Å². The minimum absolute atomic E-state index is 0.131. The topological polar surface area (TPSA) is 79.0 Å². The molecule has 0 aliphatic carbocycles. The summed E-state index contributed by atoms with van der Waals surface area (Å²) in [5.74, 6) is 0. The van der Waals surface area contributed by atoms with E-state index in [0.29, 0.717) is 24.2 Å². The minimum Gasteiger partial charge on any atom is -0.309 e. The van der Waals surface area contributed by atoms with Crippen LogP contribution in [-0.2, 0) is 13.1 Å². The smallest absolute Gasteiger partial charge is 0.272 e. The van der Waals surface area contributed by atoms with Crippen molar-refractivity contribution in [1.82, 2.24) is 5.32 Å². The maximum absolute atomic E-state index is 10.9. The molecule has 0 fully saturated rings. The van der Waals surface area contributed by atoms with Crippen LogP contribution in [0, 0.1) is 28.4 Å². The highest BCUT2D eigenvalue weighted by molar-refractivity contribution is 5.44. The Morgan fingerprint density at radius 2 is 1.81 bits per heavy atom. The van der Waals surface area contributed by atoms with Gasteiger partial charge in [-0.25, -0.2) is 0 Å². The van der Waals surface area contributed by atoms with E-state index >= 15 is 0 Å². The average molecular weight is 281 g/mol. The van der Waals surface area contributed by atoms with Gasteiger partial charge in [0.25, 0.3) is 5.69 Å². The van der Waals surface area contributed by atoms with Crippen LogP contribution in [0.3, 0.4) is 0 Å². The van der Waals surface area contributed by atoms with Gasteiger partial charge in [-0.1, -0.05) is 30.3 Å². The predicted octanol–water partition coefficient (Wildman–Crippen LogP) is 3.06. The van der Waals surface area contributed by atoms with Crippen molar-refractivity contribution in [3.8, 4) is 6.07 Å². The second kappa shape index (κ2) is 6.64. The molecule has 0 aliphatic rings. The molecule has 2 aromatic rings. The van der Waals surface area contributed by atoms with Gasteiger partial charge < -0.3 is 5.32 Å². The third kappa shape index (κ3) is 3.44. The Labute approximate surface area is 123 Å². The lowest BCUT2D eigenvalue weighted by Crippen LogP contribution is -2.14. The first kappa shape index (κ1) is 14.7. The summed E-state index contributed by atoms with van der Waals surface area (Å²) in [7, 11) is 0. The number of nitrogens with one attached hydrogen (secondary N) is 1. The minimum atomic E-state index is -0.371. The number of rotatable bonds is 5. The highest BCUT2D eigenvalue weighted by Gasteiger charge is 2.12. The van der Waals surface area contributed by atoms with Crippen LogP contribution in [0.4, 0.5) is 5.69 Å². The molecule has 0 spiro atoms. The summed E-state index contributed by atoms with van der Waals surface area (Å²) in [4.78, 5) is 10.5. The molecule has 1 N–H and O–H groups in total. The van der Waals surface area contributed by atoms with Crippen LogP contribution in [0.25, 0.3) is 0 Å². The number of hydrogen-bond acceptors (Lipinski definition) is 4. The largest absolute Gasteiger partial charge is 0.309 e. The number of nitrogens with zero attached hydrogens (tertiary/aromatic N) is 2. The molecule has 0 atom stereocenters. The standard InChI is InChI=1S/C16H15N3O2/c1-12-14(7-4-8-16(12)19(20)21)10-18-11-15-6-3-2-5-13(15)9-17/h2-8,18H,10-11H2,1H3. The van der Waals surface area contributed by atoms with Crippen LogP contribution in [0.5, 0.6) is 0 Å². The third-order valence-electron chi connectivity index (χ3n) is 3.38. The van der Waals surface area contributed by atoms with Gasteiger partial charge in [0.05, 0.1) is 16.6 Å². The maximum Gasteiger partial charge on any atom is 0.272 e. The van der Waals surface area contributed by atoms with E-state index < -0.39 is 0 Å². The van der Waals surface area contributed by atoms with E-state index in [1.165, 1.54) is 6.07 Å². The van der Waals surface area contributed by atoms with Crippen molar-refractivity contribution in [2.45, 2.75) is 20.0 Å². The summed E-state index contributed by atoms with van der Waals surface area (Å²) >= 11 is 0. The van der Waals surface area contributed by atoms with Crippen LogP contribution in [0.2, 0.25) is 0 Å². The molecule has 0 aromatic heterocycles. The van der Waals surface area contributed by atoms with E-state index in [2.05, 4.69) is 11.4 Å². The van der Waals surface area contributed by atoms with E-state index in [1.54, 1.807) is 19.1 Å². The molecule has 0 amide bonds. The molecule has 0 aliphatic heterocycles. The van der Waals surface area contributed by atoms with E-state index in [4.69, 9.17) is 5.26 Å². The number of nitro groups is 1. The zero-order chi connectivity index (χ0) is 15.2. The maximum atomic E-state index is 10.9. The van der Waals surface area contributed by atoms with Gasteiger partial charge in [0.1, 0.15) is 0 Å². The first-order valence-corrected chi connectivity index (χ1v) is 6.55. The lowest BCUT2D eigenvalue weighted by molar-refractivity contribution is -0.385. The van der Waals surface area contributed by atoms with Gasteiger partial charge in [0, 0.05) is 24.7 Å². The fourth-order valence-corrected chi connectivity index (χ4v) is 2.17. The normalized spacial score (nSPS) is 10.1. The Bertz CT molecular complexity index is 705. The summed E-state index contributed by atoms with van der Waals surface area (Å²) in [6.07, 6.45) is 0. The van der Waals surface area contributed by atoms with Gasteiger partial charge in [-0.3, -0.25) is 10.1 Å². The van der Waals surface area contributed by atoms with E-state index in [1.807, 2.05) is 24.3 Å². The van der Waals surface area contributed by atoms with Gasteiger partial charge >= 0.3 is 0 Å². The van der Waals surface area contributed by atoms with Gasteiger partial charge in [-0.2, -0.15) is 5.26 Å². The first-order valence-electron chi connectivity index (χ1n) is 6.55. The molecule has 0 heterocycles. The molecule has 21 heavy (non-hydrogen) atoms. The second-order valence-electron chi connectivity index (χ2n) is 4.69. The quantitative estimate of drug-likeness (QED) is 0.674. The van der Waals surface area contributed by atoms with Crippen molar-refractivity contribution in [1.29, 1.82) is 5.26 Å². The summed E-state index contributed by atoms with van der Waals surface area (Å²) < 4.78 is 0. The fraction of sp³-hybridized carbons (Fsp3) is 0.188. The molecule has 2 aromatic carbocycles. The second-order valence-corrected chi connectivity index (χ2v) is 4.69. The van der Waals surface area contributed by atoms with Crippen molar-refractivity contribution in [3.63, 3.8) is 0 Å². The van der Waals surface area contributed by atoms with Crippen LogP contribution >= 0.6 is 0 Å². The molecule has 0 saturated heterocycles. The molecule has 5 heteroatoms. The number of hydrogen-bond donors (Lipinski definition) is 1. The van der Waals surface area contributed by atoms with Gasteiger partial charge in [0.15, 0.2) is 0 Å². The first-order chi connectivity index (χ1) is 10.1. The molecule has 0 unspecified atom stereocenters. The fourth-order valence-electron chi connectivity index (χ4n) is 2.17. The highest BCUT2D eigenvalue weighted by Crippen LogP contribution is 2.21. The van der Waals surface area contributed by atoms with Crippen LogP contribution < -0.4 is 5.32 Å². The van der Waals surface area contributed by atoms with E-state index in [-0.39, 0.29) is 10.6 Å². The Hall–Kier alpha value is -2.71. The number of nitriles is 1. The zero-order valence-corrected chi connectivity index (χ0v) is 11.7. The van der Waals surface area contributed by atoms with Crippen LogP contribution in [0.15, 0.2) is 42.5 Å². The SMILES string of the molecule is Cc1c(CNCc2ccccc2C#N)cccc1[N+](=O)[O-]. The van der Waals surface area contributed by atoms with E-state index in [9.17, 15) is 10.1 Å². The lowest BCUT2D eigenvalue weighted by atomic mass is 10.1. The Kier molecular flexibility index (Phi) is 4.64. The Balaban J connectivity index is 2.06. The molecule has 106 valence electrons. The monoisotopic (exact) mass is 281 g/mol. The van der Waals surface area contributed by atoms with Crippen molar-refractivity contribution >= 4 is 5.69 Å². The summed E-state index contributed by atoms with van der Waals surface area (Å²) in [5.41, 5.74) is 3.25. The highest BCUT2D eigenvalue weighted by atomic mass is 16.6. The molecule has 5 nitrogen and oxygen atoms in total. The van der Waals surface area contributed by atoms with Crippen molar-refractivity contribution in [2.24, 2.45) is 0 Å². The summed E-state index contributed by atoms with van der Waals surface area (Å²) in [5, 5.41) is 23.2. The predicted molar refractivity (Wildman–Crippen MR) is 79.5 cm³/mol. The Morgan fingerprint density at radius 1 is 1.14 bits per heavy atom. The molecule has 0 bridgehead atoms. The number of benzene rings is 2. The lowest BCUT2D eigenvalue weighted by Gasteiger charge is -2.09. The molecule has 0 radical (unpaired) electrons. The van der Waals surface area contributed by atoms with E-state index in [0.717, 1.165) is 11.1 Å². The Morgan fingerprint density at radius 3 is 2.52 bits per heavy atom. The molecular formula is C16H15N3O2. The number of nitro benzene ring substituents is 1. The zero-order valence-electron chi connectivity index (χ0n) is 11.7. The van der Waals surface area contributed by atoms with Crippen molar-refractivity contribution in [2.75, 3.05) is 0 Å². The average Bonchev–Trinajstić information content (AvgIpc) is 2.49. The van der Waals surface area contributed by atoms with Gasteiger partial charge in [0.2, 0.25) is 0 Å². The third-order valence-corrected chi connectivity index (χ3v) is 3.38. The molecular weight excluding hydrogens is 266 g/mol. The van der Waals surface area contributed by atoms with Crippen molar-refractivity contribution < 1.29 is 4.92 Å². The van der Waals surface area contributed by atoms with Gasteiger partial charge in [-0.05, 0) is 24.1 Å². The van der Waals surface area contributed by atoms with Crippen LogP contribution in [0.1, 0.15) is 22.3 Å². The van der Waals surface area contributed by atoms with Gasteiger partial charge in [-0.15, -0.1) is 0 Å². The molecule has 2 rings (SSSR count). The summed E-state index contributed by atoms with van der Waals surface area (Å²) in [6.45, 7) is 2.82.